The van der Waals surface area contributed by atoms with Gasteiger partial charge in [0, 0.05) is 12.4 Å². The van der Waals surface area contributed by atoms with Crippen LogP contribution in [0, 0.1) is 0 Å². The predicted octanol–water partition coefficient (Wildman–Crippen LogP) is -0.147. The summed E-state index contributed by atoms with van der Waals surface area (Å²) in [5.41, 5.74) is 0. The van der Waals surface area contributed by atoms with E-state index in [9.17, 15) is 0 Å². The quantitative estimate of drug-likeness (QED) is 0.531. The van der Waals surface area contributed by atoms with Crippen LogP contribution in [0.2, 0.25) is 0 Å². The second-order valence-electron chi connectivity index (χ2n) is 1.79. The van der Waals surface area contributed by atoms with Crippen LogP contribution in [0.4, 0.5) is 0 Å². The first-order valence-electron chi connectivity index (χ1n) is 2.93. The van der Waals surface area contributed by atoms with Crippen LogP contribution in [-0.2, 0) is 0 Å². The van der Waals surface area contributed by atoms with Crippen LogP contribution in [-0.4, -0.2) is 9.97 Å². The summed E-state index contributed by atoms with van der Waals surface area (Å²) in [4.78, 5) is 7.96. The molecule has 1 aromatic heterocycles. The molecule has 0 N–H and O–H groups in total. The molecule has 0 aliphatic rings. The molecule has 2 heteroatoms. The maximum atomic E-state index is 4.02. The molecule has 0 aliphatic carbocycles. The lowest BCUT2D eigenvalue weighted by atomic mass is 10.4. The third-order valence-corrected chi connectivity index (χ3v) is 1.08. The van der Waals surface area contributed by atoms with Crippen molar-refractivity contribution in [2.45, 2.75) is 0 Å². The standard InChI is InChI=1S/C8H8N2/c1-3-4-8-7(2)9-5-6-10-8/h3-6H,1-2H2/b8-4+. The lowest BCUT2D eigenvalue weighted by molar-refractivity contribution is 1.10. The summed E-state index contributed by atoms with van der Waals surface area (Å²) in [6.07, 6.45) is 6.68. The van der Waals surface area contributed by atoms with E-state index in [2.05, 4.69) is 23.1 Å². The highest BCUT2D eigenvalue weighted by Gasteiger charge is 1.78. The van der Waals surface area contributed by atoms with Gasteiger partial charge in [-0.3, -0.25) is 9.97 Å². The van der Waals surface area contributed by atoms with Gasteiger partial charge in [0.05, 0.1) is 10.7 Å². The molecule has 50 valence electrons. The summed E-state index contributed by atoms with van der Waals surface area (Å²) in [5, 5.41) is 1.46. The van der Waals surface area contributed by atoms with Crippen molar-refractivity contribution in [2.24, 2.45) is 0 Å². The highest BCUT2D eigenvalue weighted by molar-refractivity contribution is 5.31. The average molecular weight is 132 g/mol. The highest BCUT2D eigenvalue weighted by atomic mass is 14.7. The number of nitrogens with zero attached hydrogens (tertiary/aromatic N) is 2. The Hall–Kier alpha value is -1.44. The molecule has 0 saturated heterocycles. The van der Waals surface area contributed by atoms with E-state index in [-0.39, 0.29) is 0 Å². The van der Waals surface area contributed by atoms with E-state index in [1.165, 1.54) is 0 Å². The van der Waals surface area contributed by atoms with Crippen molar-refractivity contribution >= 4 is 12.7 Å². The van der Waals surface area contributed by atoms with Gasteiger partial charge in [-0.25, -0.2) is 0 Å². The van der Waals surface area contributed by atoms with Crippen LogP contribution in [0.1, 0.15) is 0 Å². The molecule has 0 amide bonds. The minimum Gasteiger partial charge on any atom is -0.254 e. The normalized spacial score (nSPS) is 11.4. The maximum Gasteiger partial charge on any atom is 0.0880 e. The second-order valence-corrected chi connectivity index (χ2v) is 1.79. The van der Waals surface area contributed by atoms with Crippen LogP contribution in [0.25, 0.3) is 12.7 Å². The fourth-order valence-electron chi connectivity index (χ4n) is 0.628. The number of hydrogen-bond acceptors (Lipinski definition) is 2. The fourth-order valence-corrected chi connectivity index (χ4v) is 0.628. The molecule has 1 heterocycles. The molecule has 2 nitrogen and oxygen atoms in total. The summed E-state index contributed by atoms with van der Waals surface area (Å²) in [6.45, 7) is 7.23. The minimum atomic E-state index is 0.683. The Balaban J connectivity index is 3.43. The third-order valence-electron chi connectivity index (χ3n) is 1.08. The number of hydrogen-bond donors (Lipinski definition) is 0. The largest absolute Gasteiger partial charge is 0.254 e. The van der Waals surface area contributed by atoms with E-state index in [0.717, 1.165) is 5.35 Å². The van der Waals surface area contributed by atoms with Crippen LogP contribution in [0.3, 0.4) is 0 Å². The molecule has 0 spiro atoms. The van der Waals surface area contributed by atoms with Gasteiger partial charge in [0.2, 0.25) is 0 Å². The van der Waals surface area contributed by atoms with Gasteiger partial charge in [0.1, 0.15) is 0 Å². The third kappa shape index (κ3) is 1.29. The zero-order valence-corrected chi connectivity index (χ0v) is 5.62. The first kappa shape index (κ1) is 6.68. The van der Waals surface area contributed by atoms with Crippen molar-refractivity contribution in [3.05, 3.63) is 35.7 Å². The van der Waals surface area contributed by atoms with Gasteiger partial charge in [0.15, 0.2) is 0 Å². The Morgan fingerprint density at radius 2 is 2.00 bits per heavy atom. The topological polar surface area (TPSA) is 25.8 Å². The smallest absolute Gasteiger partial charge is 0.0880 e. The molecular formula is C8H8N2. The van der Waals surface area contributed by atoms with Gasteiger partial charge in [-0.05, 0) is 6.08 Å². The molecule has 0 fully saturated rings. The Morgan fingerprint density at radius 1 is 1.30 bits per heavy atom. The molecule has 0 saturated carbocycles. The Morgan fingerprint density at radius 3 is 2.60 bits per heavy atom. The number of rotatable bonds is 1. The molecule has 1 aromatic rings. The van der Waals surface area contributed by atoms with E-state index in [0.29, 0.717) is 5.35 Å². The molecule has 1 rings (SSSR count). The van der Waals surface area contributed by atoms with Crippen molar-refractivity contribution in [1.29, 1.82) is 0 Å². The molecule has 0 bridgehead atoms. The monoisotopic (exact) mass is 132 g/mol. The van der Waals surface area contributed by atoms with Gasteiger partial charge in [0.25, 0.3) is 0 Å². The fraction of sp³-hybridized carbons (Fsp3) is 0. The van der Waals surface area contributed by atoms with Crippen molar-refractivity contribution in [1.82, 2.24) is 9.97 Å². The van der Waals surface area contributed by atoms with E-state index in [4.69, 9.17) is 0 Å². The van der Waals surface area contributed by atoms with Crippen LogP contribution in [0.15, 0.2) is 25.0 Å². The van der Waals surface area contributed by atoms with Crippen molar-refractivity contribution in [2.75, 3.05) is 0 Å². The van der Waals surface area contributed by atoms with E-state index in [1.807, 2.05) is 0 Å². The van der Waals surface area contributed by atoms with E-state index in [1.54, 1.807) is 24.5 Å². The van der Waals surface area contributed by atoms with E-state index < -0.39 is 0 Å². The first-order chi connectivity index (χ1) is 4.84. The van der Waals surface area contributed by atoms with Crippen LogP contribution < -0.4 is 10.7 Å². The van der Waals surface area contributed by atoms with Gasteiger partial charge < -0.3 is 0 Å². The van der Waals surface area contributed by atoms with Crippen molar-refractivity contribution in [3.8, 4) is 0 Å². The molecular weight excluding hydrogens is 124 g/mol. The summed E-state index contributed by atoms with van der Waals surface area (Å²) in [5.74, 6) is 0. The van der Waals surface area contributed by atoms with Gasteiger partial charge in [-0.1, -0.05) is 19.2 Å². The number of aromatic nitrogens is 2. The molecule has 0 unspecified atom stereocenters. The van der Waals surface area contributed by atoms with Crippen LogP contribution >= 0.6 is 0 Å². The van der Waals surface area contributed by atoms with E-state index >= 15 is 0 Å². The predicted molar refractivity (Wildman–Crippen MR) is 41.5 cm³/mol. The zero-order valence-electron chi connectivity index (χ0n) is 5.62. The Bertz CT molecular complexity index is 327. The summed E-state index contributed by atoms with van der Waals surface area (Å²) < 4.78 is 0. The SMILES string of the molecule is C=C/C=c1/nccnc1=C. The van der Waals surface area contributed by atoms with Gasteiger partial charge >= 0.3 is 0 Å². The highest BCUT2D eigenvalue weighted by Crippen LogP contribution is 1.61. The Kier molecular flexibility index (Phi) is 1.95. The average Bonchev–Trinajstić information content (AvgIpc) is 1.94. The zero-order chi connectivity index (χ0) is 7.40. The first-order valence-corrected chi connectivity index (χ1v) is 2.93. The molecule has 0 aliphatic heterocycles. The lowest BCUT2D eigenvalue weighted by Gasteiger charge is -1.82. The Labute approximate surface area is 59.3 Å². The minimum absolute atomic E-state index is 0.683. The maximum absolute atomic E-state index is 4.02. The molecule has 0 aromatic carbocycles. The molecule has 10 heavy (non-hydrogen) atoms. The van der Waals surface area contributed by atoms with Crippen LogP contribution in [0.5, 0.6) is 0 Å². The summed E-state index contributed by atoms with van der Waals surface area (Å²) in [6, 6.07) is 0. The lowest BCUT2D eigenvalue weighted by Crippen LogP contribution is -2.28. The number of allylic oxidation sites excluding steroid dienone is 1. The van der Waals surface area contributed by atoms with Crippen molar-refractivity contribution < 1.29 is 0 Å². The second kappa shape index (κ2) is 2.92. The van der Waals surface area contributed by atoms with Crippen molar-refractivity contribution in [3.63, 3.8) is 0 Å². The summed E-state index contributed by atoms with van der Waals surface area (Å²) in [7, 11) is 0. The molecule has 0 radical (unpaired) electrons. The summed E-state index contributed by atoms with van der Waals surface area (Å²) >= 11 is 0. The molecule has 0 atom stereocenters. The van der Waals surface area contributed by atoms with Gasteiger partial charge in [-0.2, -0.15) is 0 Å². The van der Waals surface area contributed by atoms with Gasteiger partial charge in [-0.15, -0.1) is 0 Å².